The largest absolute Gasteiger partial charge is 0.429 e. The standard InChI is InChI=1S/C26H18O4S4/c27-17-29-19-11-13-23(25(15-19)31-21-7-3-1-4-8-21)33-34-24-14-12-20(30-18-28)16-26(24)32-22-9-5-2-6-10-22/h1-18H. The molecular weight excluding hydrogens is 505 g/mol. The molecule has 0 bridgehead atoms. The van der Waals surface area contributed by atoms with Gasteiger partial charge in [0.15, 0.2) is 0 Å². The van der Waals surface area contributed by atoms with Crippen molar-refractivity contribution in [1.29, 1.82) is 0 Å². The van der Waals surface area contributed by atoms with Crippen molar-refractivity contribution in [3.8, 4) is 11.5 Å². The van der Waals surface area contributed by atoms with Gasteiger partial charge in [-0.15, -0.1) is 0 Å². The van der Waals surface area contributed by atoms with Gasteiger partial charge in [-0.25, -0.2) is 0 Å². The zero-order valence-corrected chi connectivity index (χ0v) is 20.9. The van der Waals surface area contributed by atoms with E-state index in [9.17, 15) is 9.59 Å². The van der Waals surface area contributed by atoms with Crippen LogP contribution in [-0.4, -0.2) is 12.9 Å². The van der Waals surface area contributed by atoms with E-state index in [0.29, 0.717) is 24.4 Å². The maximum Gasteiger partial charge on any atom is 0.298 e. The molecule has 0 N–H and O–H groups in total. The predicted molar refractivity (Wildman–Crippen MR) is 139 cm³/mol. The Morgan fingerprint density at radius 1 is 0.500 bits per heavy atom. The van der Waals surface area contributed by atoms with Crippen LogP contribution in [0, 0.1) is 0 Å². The number of carbonyl (C=O) groups is 2. The number of ether oxygens (including phenoxy) is 2. The minimum Gasteiger partial charge on any atom is -0.429 e. The topological polar surface area (TPSA) is 52.6 Å². The molecule has 0 aliphatic carbocycles. The summed E-state index contributed by atoms with van der Waals surface area (Å²) in [4.78, 5) is 27.9. The molecule has 8 heteroatoms. The first-order valence-electron chi connectivity index (χ1n) is 10.0. The lowest BCUT2D eigenvalue weighted by Crippen LogP contribution is -1.90. The number of benzene rings is 4. The van der Waals surface area contributed by atoms with Crippen molar-refractivity contribution >= 4 is 58.1 Å². The van der Waals surface area contributed by atoms with Crippen LogP contribution in [0.5, 0.6) is 11.5 Å². The molecule has 4 rings (SSSR count). The highest BCUT2D eigenvalue weighted by Gasteiger charge is 2.13. The Kier molecular flexibility index (Phi) is 9.04. The Bertz CT molecular complexity index is 1150. The highest BCUT2D eigenvalue weighted by Crippen LogP contribution is 2.48. The third-order valence-corrected chi connectivity index (χ3v) is 9.23. The first-order valence-corrected chi connectivity index (χ1v) is 13.8. The van der Waals surface area contributed by atoms with Gasteiger partial charge in [0.1, 0.15) is 11.5 Å². The molecule has 0 saturated carbocycles. The molecule has 0 saturated heterocycles. The molecule has 4 aromatic rings. The van der Waals surface area contributed by atoms with E-state index >= 15 is 0 Å². The average molecular weight is 523 g/mol. The Balaban J connectivity index is 1.59. The van der Waals surface area contributed by atoms with Gasteiger partial charge in [0.05, 0.1) is 0 Å². The van der Waals surface area contributed by atoms with Gasteiger partial charge in [0, 0.05) is 29.4 Å². The molecule has 0 aliphatic rings. The third-order valence-electron chi connectivity index (χ3n) is 4.36. The highest BCUT2D eigenvalue weighted by atomic mass is 33.1. The molecule has 170 valence electrons. The Labute approximate surface area is 214 Å². The highest BCUT2D eigenvalue weighted by molar-refractivity contribution is 8.76. The number of hydrogen-bond donors (Lipinski definition) is 0. The van der Waals surface area contributed by atoms with Crippen molar-refractivity contribution in [3.05, 3.63) is 97.1 Å². The molecule has 0 atom stereocenters. The van der Waals surface area contributed by atoms with Gasteiger partial charge in [-0.2, -0.15) is 0 Å². The molecule has 0 aliphatic heterocycles. The van der Waals surface area contributed by atoms with E-state index in [-0.39, 0.29) is 0 Å². The molecule has 34 heavy (non-hydrogen) atoms. The minimum atomic E-state index is 0.434. The first kappa shape index (κ1) is 24.3. The predicted octanol–water partition coefficient (Wildman–Crippen LogP) is 7.86. The van der Waals surface area contributed by atoms with E-state index < -0.39 is 0 Å². The minimum absolute atomic E-state index is 0.434. The summed E-state index contributed by atoms with van der Waals surface area (Å²) < 4.78 is 10.1. The maximum atomic E-state index is 10.8. The van der Waals surface area contributed by atoms with Gasteiger partial charge in [-0.1, -0.05) is 81.5 Å². The molecule has 4 aromatic carbocycles. The van der Waals surface area contributed by atoms with E-state index in [1.54, 1.807) is 57.2 Å². The lowest BCUT2D eigenvalue weighted by molar-refractivity contribution is -0.121. The fourth-order valence-corrected chi connectivity index (χ4v) is 7.57. The van der Waals surface area contributed by atoms with Crippen LogP contribution in [0.3, 0.4) is 0 Å². The quantitative estimate of drug-likeness (QED) is 0.146. The molecule has 0 heterocycles. The van der Waals surface area contributed by atoms with Crippen molar-refractivity contribution < 1.29 is 19.1 Å². The van der Waals surface area contributed by atoms with Gasteiger partial charge in [-0.3, -0.25) is 9.59 Å². The van der Waals surface area contributed by atoms with Crippen molar-refractivity contribution in [1.82, 2.24) is 0 Å². The van der Waals surface area contributed by atoms with Gasteiger partial charge >= 0.3 is 0 Å². The van der Waals surface area contributed by atoms with E-state index in [4.69, 9.17) is 9.47 Å². The number of carbonyl (C=O) groups excluding carboxylic acids is 2. The van der Waals surface area contributed by atoms with Crippen LogP contribution in [0.4, 0.5) is 0 Å². The maximum absolute atomic E-state index is 10.8. The summed E-state index contributed by atoms with van der Waals surface area (Å²) in [5.41, 5.74) is 0. The van der Waals surface area contributed by atoms with Crippen molar-refractivity contribution in [2.75, 3.05) is 0 Å². The second-order valence-electron chi connectivity index (χ2n) is 6.64. The molecule has 0 aromatic heterocycles. The second kappa shape index (κ2) is 12.6. The lowest BCUT2D eigenvalue weighted by Gasteiger charge is -2.13. The van der Waals surface area contributed by atoms with Gasteiger partial charge in [-0.05, 0) is 60.7 Å². The summed E-state index contributed by atoms with van der Waals surface area (Å²) in [7, 11) is 3.24. The van der Waals surface area contributed by atoms with Gasteiger partial charge in [0.2, 0.25) is 0 Å². The van der Waals surface area contributed by atoms with E-state index in [0.717, 1.165) is 29.4 Å². The first-order chi connectivity index (χ1) is 16.7. The summed E-state index contributed by atoms with van der Waals surface area (Å²) in [5.74, 6) is 0.997. The van der Waals surface area contributed by atoms with E-state index in [1.165, 1.54) is 0 Å². The molecule has 0 unspecified atom stereocenters. The summed E-state index contributed by atoms with van der Waals surface area (Å²) in [5, 5.41) is 0. The zero-order chi connectivity index (χ0) is 23.6. The van der Waals surface area contributed by atoms with Crippen LogP contribution < -0.4 is 9.47 Å². The van der Waals surface area contributed by atoms with Crippen molar-refractivity contribution in [3.63, 3.8) is 0 Å². The molecule has 4 nitrogen and oxygen atoms in total. The smallest absolute Gasteiger partial charge is 0.298 e. The van der Waals surface area contributed by atoms with Crippen LogP contribution in [0.1, 0.15) is 0 Å². The summed E-state index contributed by atoms with van der Waals surface area (Å²) in [6.07, 6.45) is 0. The van der Waals surface area contributed by atoms with E-state index in [1.807, 2.05) is 84.9 Å². The van der Waals surface area contributed by atoms with Crippen LogP contribution >= 0.6 is 45.1 Å². The fraction of sp³-hybridized carbons (Fsp3) is 0. The average Bonchev–Trinajstić information content (AvgIpc) is 2.86. The van der Waals surface area contributed by atoms with E-state index in [2.05, 4.69) is 0 Å². The van der Waals surface area contributed by atoms with Crippen LogP contribution in [-0.2, 0) is 9.59 Å². The second-order valence-corrected chi connectivity index (χ2v) is 11.1. The molecule has 0 fully saturated rings. The van der Waals surface area contributed by atoms with Crippen LogP contribution in [0.25, 0.3) is 0 Å². The Hall–Kier alpha value is -2.78. The Morgan fingerprint density at radius 3 is 1.29 bits per heavy atom. The number of rotatable bonds is 11. The summed E-state index contributed by atoms with van der Waals surface area (Å²) in [6.45, 7) is 0.869. The molecular formula is C26H18O4S4. The molecule has 0 spiro atoms. The zero-order valence-electron chi connectivity index (χ0n) is 17.7. The Morgan fingerprint density at radius 2 is 0.912 bits per heavy atom. The third kappa shape index (κ3) is 6.87. The summed E-state index contributed by atoms with van der Waals surface area (Å²) >= 11 is 3.22. The van der Waals surface area contributed by atoms with Crippen LogP contribution in [0.2, 0.25) is 0 Å². The fourth-order valence-electron chi connectivity index (χ4n) is 2.85. The van der Waals surface area contributed by atoms with Crippen LogP contribution in [0.15, 0.2) is 126 Å². The lowest BCUT2D eigenvalue weighted by atomic mass is 10.3. The molecule has 0 radical (unpaired) electrons. The monoisotopic (exact) mass is 522 g/mol. The van der Waals surface area contributed by atoms with Crippen molar-refractivity contribution in [2.45, 2.75) is 29.4 Å². The summed E-state index contributed by atoms with van der Waals surface area (Å²) in [6, 6.07) is 31.3. The van der Waals surface area contributed by atoms with Crippen molar-refractivity contribution in [2.24, 2.45) is 0 Å². The van der Waals surface area contributed by atoms with Gasteiger partial charge in [0.25, 0.3) is 12.9 Å². The normalized spacial score (nSPS) is 10.5. The van der Waals surface area contributed by atoms with Gasteiger partial charge < -0.3 is 9.47 Å². The molecule has 0 amide bonds. The number of hydrogen-bond acceptors (Lipinski definition) is 8. The SMILES string of the molecule is O=COc1ccc(SSc2ccc(OC=O)cc2Sc2ccccc2)c(Sc2ccccc2)c1.